The van der Waals surface area contributed by atoms with Crippen molar-refractivity contribution in [1.82, 2.24) is 0 Å². The molecule has 0 saturated carbocycles. The summed E-state index contributed by atoms with van der Waals surface area (Å²) in [5.74, 6) is 0.427. The van der Waals surface area contributed by atoms with Gasteiger partial charge in [-0.1, -0.05) is 25.1 Å². The zero-order valence-corrected chi connectivity index (χ0v) is 12.7. The van der Waals surface area contributed by atoms with E-state index in [0.717, 1.165) is 0 Å². The third kappa shape index (κ3) is 2.85. The maximum Gasteiger partial charge on any atom is 0.347 e. The summed E-state index contributed by atoms with van der Waals surface area (Å²) in [6.07, 6.45) is -0.136. The Hall–Kier alpha value is -2.95. The van der Waals surface area contributed by atoms with E-state index in [1.54, 1.807) is 48.5 Å². The van der Waals surface area contributed by atoms with Crippen LogP contribution >= 0.6 is 0 Å². The number of fused-ring (bicyclic) bond motifs is 1. The zero-order chi connectivity index (χ0) is 16.4. The predicted octanol–water partition coefficient (Wildman–Crippen LogP) is 3.61. The summed E-state index contributed by atoms with van der Waals surface area (Å²) >= 11 is 0. The van der Waals surface area contributed by atoms with Crippen LogP contribution in [-0.2, 0) is 0 Å². The van der Waals surface area contributed by atoms with Crippen LogP contribution in [0.2, 0.25) is 0 Å². The molecule has 1 unspecified atom stereocenters. The molecule has 118 valence electrons. The van der Waals surface area contributed by atoms with Gasteiger partial charge in [0.25, 0.3) is 0 Å². The summed E-state index contributed by atoms with van der Waals surface area (Å²) in [7, 11) is 0. The monoisotopic (exact) mass is 311 g/mol. The number of ether oxygens (including phenoxy) is 1. The first-order chi connectivity index (χ1) is 11.1. The molecule has 0 saturated heterocycles. The van der Waals surface area contributed by atoms with Gasteiger partial charge in [-0.3, -0.25) is 0 Å². The van der Waals surface area contributed by atoms with E-state index in [9.17, 15) is 9.90 Å². The first kappa shape index (κ1) is 15.0. The third-order valence-corrected chi connectivity index (χ3v) is 3.65. The van der Waals surface area contributed by atoms with Crippen molar-refractivity contribution in [2.24, 2.45) is 0 Å². The SMILES string of the molecule is CCC(Oc1cccc(N)c1)c1c(O)c2ccccc2oc1=O. The van der Waals surface area contributed by atoms with Crippen molar-refractivity contribution in [3.05, 3.63) is 64.5 Å². The van der Waals surface area contributed by atoms with E-state index in [4.69, 9.17) is 14.9 Å². The molecule has 0 aliphatic rings. The Morgan fingerprint density at radius 1 is 1.22 bits per heavy atom. The van der Waals surface area contributed by atoms with Gasteiger partial charge in [0.1, 0.15) is 28.7 Å². The summed E-state index contributed by atoms with van der Waals surface area (Å²) in [5, 5.41) is 11.0. The topological polar surface area (TPSA) is 85.7 Å². The molecule has 5 nitrogen and oxygen atoms in total. The summed E-state index contributed by atoms with van der Waals surface area (Å²) < 4.78 is 11.1. The molecule has 0 aliphatic heterocycles. The van der Waals surface area contributed by atoms with E-state index < -0.39 is 11.7 Å². The van der Waals surface area contributed by atoms with Gasteiger partial charge in [0.2, 0.25) is 0 Å². The minimum absolute atomic E-state index is 0.104. The minimum atomic E-state index is -0.627. The molecule has 23 heavy (non-hydrogen) atoms. The number of anilines is 1. The van der Waals surface area contributed by atoms with Crippen LogP contribution in [0.5, 0.6) is 11.5 Å². The van der Waals surface area contributed by atoms with Gasteiger partial charge >= 0.3 is 5.63 Å². The number of rotatable bonds is 4. The van der Waals surface area contributed by atoms with Crippen LogP contribution < -0.4 is 16.1 Å². The van der Waals surface area contributed by atoms with E-state index in [0.29, 0.717) is 28.8 Å². The molecule has 5 heteroatoms. The predicted molar refractivity (Wildman–Crippen MR) is 88.7 cm³/mol. The number of nitrogen functional groups attached to an aromatic ring is 1. The van der Waals surface area contributed by atoms with Crippen molar-refractivity contribution in [3.8, 4) is 11.5 Å². The van der Waals surface area contributed by atoms with Crippen molar-refractivity contribution < 1.29 is 14.3 Å². The highest BCUT2D eigenvalue weighted by Crippen LogP contribution is 2.33. The highest BCUT2D eigenvalue weighted by molar-refractivity contribution is 5.84. The average Bonchev–Trinajstić information content (AvgIpc) is 2.54. The van der Waals surface area contributed by atoms with E-state index in [-0.39, 0.29) is 11.3 Å². The molecule has 0 fully saturated rings. The van der Waals surface area contributed by atoms with Gasteiger partial charge in [-0.25, -0.2) is 4.79 Å². The summed E-state index contributed by atoms with van der Waals surface area (Å²) in [4.78, 5) is 12.3. The number of nitrogens with two attached hydrogens (primary N) is 1. The van der Waals surface area contributed by atoms with Gasteiger partial charge in [0, 0.05) is 11.8 Å². The minimum Gasteiger partial charge on any atom is -0.506 e. The highest BCUT2D eigenvalue weighted by atomic mass is 16.5. The Kier molecular flexibility index (Phi) is 3.93. The van der Waals surface area contributed by atoms with Gasteiger partial charge in [-0.05, 0) is 30.7 Å². The lowest BCUT2D eigenvalue weighted by atomic mass is 10.1. The van der Waals surface area contributed by atoms with Crippen molar-refractivity contribution >= 4 is 16.7 Å². The maximum atomic E-state index is 12.3. The van der Waals surface area contributed by atoms with Crippen LogP contribution in [0.4, 0.5) is 5.69 Å². The summed E-state index contributed by atoms with van der Waals surface area (Å²) in [6, 6.07) is 13.8. The number of para-hydroxylation sites is 1. The first-order valence-corrected chi connectivity index (χ1v) is 7.37. The molecule has 0 amide bonds. The van der Waals surface area contributed by atoms with Crippen LogP contribution in [0, 0.1) is 0 Å². The fourth-order valence-electron chi connectivity index (χ4n) is 2.53. The Morgan fingerprint density at radius 2 is 2.00 bits per heavy atom. The van der Waals surface area contributed by atoms with Crippen molar-refractivity contribution in [3.63, 3.8) is 0 Å². The molecule has 3 rings (SSSR count). The molecule has 1 heterocycles. The van der Waals surface area contributed by atoms with Gasteiger partial charge in [0.05, 0.1) is 5.39 Å². The standard InChI is InChI=1S/C18H17NO4/c1-2-14(22-12-7-5-6-11(19)10-12)16-17(20)13-8-3-4-9-15(13)23-18(16)21/h3-10,14,20H,2,19H2,1H3. The van der Waals surface area contributed by atoms with Gasteiger partial charge < -0.3 is 20.0 Å². The van der Waals surface area contributed by atoms with Crippen LogP contribution in [0.15, 0.2) is 57.7 Å². The number of hydrogen-bond acceptors (Lipinski definition) is 5. The van der Waals surface area contributed by atoms with Crippen LogP contribution in [0.1, 0.15) is 25.0 Å². The lowest BCUT2D eigenvalue weighted by Crippen LogP contribution is -2.17. The van der Waals surface area contributed by atoms with Crippen LogP contribution in [0.3, 0.4) is 0 Å². The normalized spacial score (nSPS) is 12.2. The maximum absolute atomic E-state index is 12.3. The molecule has 3 N–H and O–H groups in total. The fraction of sp³-hybridized carbons (Fsp3) is 0.167. The number of aromatic hydroxyl groups is 1. The van der Waals surface area contributed by atoms with Gasteiger partial charge in [-0.2, -0.15) is 0 Å². The molecule has 1 atom stereocenters. The van der Waals surface area contributed by atoms with E-state index >= 15 is 0 Å². The van der Waals surface area contributed by atoms with Crippen molar-refractivity contribution in [2.45, 2.75) is 19.4 Å². The third-order valence-electron chi connectivity index (χ3n) is 3.65. The van der Waals surface area contributed by atoms with E-state index in [1.807, 2.05) is 6.92 Å². The summed E-state index contributed by atoms with van der Waals surface area (Å²) in [6.45, 7) is 1.87. The molecule has 3 aromatic rings. The van der Waals surface area contributed by atoms with Crippen LogP contribution in [0.25, 0.3) is 11.0 Å². The molecule has 0 bridgehead atoms. The Bertz CT molecular complexity index is 901. The Balaban J connectivity index is 2.08. The molecule has 0 aliphatic carbocycles. The van der Waals surface area contributed by atoms with Crippen molar-refractivity contribution in [2.75, 3.05) is 5.73 Å². The zero-order valence-electron chi connectivity index (χ0n) is 12.7. The number of hydrogen-bond donors (Lipinski definition) is 2. The lowest BCUT2D eigenvalue weighted by molar-refractivity contribution is 0.192. The van der Waals surface area contributed by atoms with Crippen LogP contribution in [-0.4, -0.2) is 5.11 Å². The smallest absolute Gasteiger partial charge is 0.347 e. The highest BCUT2D eigenvalue weighted by Gasteiger charge is 2.23. The van der Waals surface area contributed by atoms with E-state index in [1.165, 1.54) is 0 Å². The molecular weight excluding hydrogens is 294 g/mol. The Labute approximate surface area is 132 Å². The largest absolute Gasteiger partial charge is 0.506 e. The molecule has 0 spiro atoms. The first-order valence-electron chi connectivity index (χ1n) is 7.37. The second-order valence-electron chi connectivity index (χ2n) is 5.24. The molecule has 0 radical (unpaired) electrons. The molecular formula is C18H17NO4. The second kappa shape index (κ2) is 6.04. The number of benzene rings is 2. The average molecular weight is 311 g/mol. The van der Waals surface area contributed by atoms with Gasteiger partial charge in [0.15, 0.2) is 0 Å². The second-order valence-corrected chi connectivity index (χ2v) is 5.24. The quantitative estimate of drug-likeness (QED) is 0.568. The Morgan fingerprint density at radius 3 is 2.74 bits per heavy atom. The van der Waals surface area contributed by atoms with E-state index in [2.05, 4.69) is 0 Å². The summed E-state index contributed by atoms with van der Waals surface area (Å²) in [5.41, 5.74) is 6.17. The molecule has 2 aromatic carbocycles. The fourth-order valence-corrected chi connectivity index (χ4v) is 2.53. The molecule has 1 aromatic heterocycles. The van der Waals surface area contributed by atoms with Gasteiger partial charge in [-0.15, -0.1) is 0 Å². The van der Waals surface area contributed by atoms with Crippen molar-refractivity contribution in [1.29, 1.82) is 0 Å². The lowest BCUT2D eigenvalue weighted by Gasteiger charge is -2.18.